The number of guanidine groups is 1. The molecular formula is C15H32IN3O. The van der Waals surface area contributed by atoms with Gasteiger partial charge in [0.25, 0.3) is 0 Å². The van der Waals surface area contributed by atoms with Crippen LogP contribution in [0.3, 0.4) is 0 Å². The van der Waals surface area contributed by atoms with Crippen molar-refractivity contribution >= 4 is 29.9 Å². The molecule has 1 rings (SSSR count). The number of aliphatic imine (C=N–C) groups is 1. The van der Waals surface area contributed by atoms with Crippen molar-refractivity contribution < 1.29 is 4.74 Å². The van der Waals surface area contributed by atoms with Crippen molar-refractivity contribution in [2.24, 2.45) is 10.7 Å². The van der Waals surface area contributed by atoms with Crippen LogP contribution < -0.4 is 11.1 Å². The summed E-state index contributed by atoms with van der Waals surface area (Å²) in [7, 11) is 0. The predicted octanol–water partition coefficient (Wildman–Crippen LogP) is 3.44. The van der Waals surface area contributed by atoms with Crippen LogP contribution in [0.2, 0.25) is 0 Å². The highest BCUT2D eigenvalue weighted by atomic mass is 127. The molecule has 4 nitrogen and oxygen atoms in total. The Balaban J connectivity index is 0.00000361. The minimum atomic E-state index is 0. The number of hydrogen-bond acceptors (Lipinski definition) is 2. The standard InChI is InChI=1S/C15H31N3O.HI/c1-2-3-4-6-11-17-15(16)18-12-8-10-14-9-5-7-13-19-14;/h14H,2-13H2,1H3,(H3,16,17,18);1H. The molecule has 1 aliphatic heterocycles. The lowest BCUT2D eigenvalue weighted by atomic mass is 10.1. The van der Waals surface area contributed by atoms with Crippen molar-refractivity contribution in [3.05, 3.63) is 0 Å². The molecule has 0 aromatic rings. The van der Waals surface area contributed by atoms with Crippen LogP contribution in [-0.4, -0.2) is 31.8 Å². The SMILES string of the molecule is CCCCCCNC(N)=NCCCC1CCCCO1.I. The van der Waals surface area contributed by atoms with E-state index in [2.05, 4.69) is 17.2 Å². The lowest BCUT2D eigenvalue weighted by molar-refractivity contribution is 0.0105. The first kappa shape index (κ1) is 20.0. The first-order valence-electron chi connectivity index (χ1n) is 7.98. The summed E-state index contributed by atoms with van der Waals surface area (Å²) in [5.41, 5.74) is 5.82. The molecule has 120 valence electrons. The number of halogens is 1. The minimum absolute atomic E-state index is 0. The Bertz CT molecular complexity index is 243. The molecular weight excluding hydrogens is 365 g/mol. The molecule has 0 aliphatic carbocycles. The summed E-state index contributed by atoms with van der Waals surface area (Å²) in [5.74, 6) is 0.598. The van der Waals surface area contributed by atoms with Gasteiger partial charge in [-0.05, 0) is 38.5 Å². The van der Waals surface area contributed by atoms with Crippen LogP contribution in [-0.2, 0) is 4.74 Å². The van der Waals surface area contributed by atoms with Gasteiger partial charge in [0.15, 0.2) is 5.96 Å². The summed E-state index contributed by atoms with van der Waals surface area (Å²) in [6, 6.07) is 0. The zero-order valence-corrected chi connectivity index (χ0v) is 15.2. The smallest absolute Gasteiger partial charge is 0.188 e. The van der Waals surface area contributed by atoms with E-state index in [0.29, 0.717) is 12.1 Å². The van der Waals surface area contributed by atoms with Gasteiger partial charge in [0.05, 0.1) is 6.10 Å². The van der Waals surface area contributed by atoms with E-state index >= 15 is 0 Å². The second-order valence-electron chi connectivity index (χ2n) is 5.39. The molecule has 5 heteroatoms. The molecule has 0 spiro atoms. The topological polar surface area (TPSA) is 59.6 Å². The van der Waals surface area contributed by atoms with E-state index in [0.717, 1.165) is 32.5 Å². The van der Waals surface area contributed by atoms with E-state index in [1.54, 1.807) is 0 Å². The monoisotopic (exact) mass is 397 g/mol. The van der Waals surface area contributed by atoms with Crippen molar-refractivity contribution in [2.45, 2.75) is 70.8 Å². The summed E-state index contributed by atoms with van der Waals surface area (Å²) < 4.78 is 5.69. The third-order valence-corrected chi connectivity index (χ3v) is 3.58. The Kier molecular flexibility index (Phi) is 13.9. The minimum Gasteiger partial charge on any atom is -0.378 e. The van der Waals surface area contributed by atoms with Gasteiger partial charge in [-0.15, -0.1) is 24.0 Å². The first-order valence-corrected chi connectivity index (χ1v) is 7.98. The molecule has 0 bridgehead atoms. The van der Waals surface area contributed by atoms with Crippen LogP contribution in [0.4, 0.5) is 0 Å². The fraction of sp³-hybridized carbons (Fsp3) is 0.933. The van der Waals surface area contributed by atoms with Gasteiger partial charge in [-0.2, -0.15) is 0 Å². The van der Waals surface area contributed by atoms with Gasteiger partial charge in [0.1, 0.15) is 0 Å². The zero-order chi connectivity index (χ0) is 13.8. The van der Waals surface area contributed by atoms with Crippen LogP contribution in [0, 0.1) is 0 Å². The Morgan fingerprint density at radius 2 is 2.10 bits per heavy atom. The van der Waals surface area contributed by atoms with E-state index in [1.807, 2.05) is 0 Å². The highest BCUT2D eigenvalue weighted by Gasteiger charge is 2.12. The third-order valence-electron chi connectivity index (χ3n) is 3.58. The van der Waals surface area contributed by atoms with Crippen LogP contribution >= 0.6 is 24.0 Å². The van der Waals surface area contributed by atoms with Crippen molar-refractivity contribution in [1.82, 2.24) is 5.32 Å². The molecule has 0 amide bonds. The van der Waals surface area contributed by atoms with Gasteiger partial charge in [0.2, 0.25) is 0 Å². The average Bonchev–Trinajstić information content (AvgIpc) is 2.44. The maximum atomic E-state index is 5.82. The number of ether oxygens (including phenoxy) is 1. The summed E-state index contributed by atoms with van der Waals surface area (Å²) in [6.45, 7) is 4.92. The Morgan fingerprint density at radius 3 is 2.80 bits per heavy atom. The van der Waals surface area contributed by atoms with Gasteiger partial charge in [-0.25, -0.2) is 0 Å². The number of hydrogen-bond donors (Lipinski definition) is 2. The second kappa shape index (κ2) is 13.9. The summed E-state index contributed by atoms with van der Waals surface area (Å²) in [6.07, 6.45) is 11.4. The summed E-state index contributed by atoms with van der Waals surface area (Å²) >= 11 is 0. The third kappa shape index (κ3) is 10.7. The van der Waals surface area contributed by atoms with Crippen molar-refractivity contribution in [3.8, 4) is 0 Å². The second-order valence-corrected chi connectivity index (χ2v) is 5.39. The number of rotatable bonds is 9. The first-order chi connectivity index (χ1) is 9.33. The lowest BCUT2D eigenvalue weighted by Crippen LogP contribution is -2.32. The normalized spacial score (nSPS) is 19.4. The molecule has 20 heavy (non-hydrogen) atoms. The average molecular weight is 397 g/mol. The van der Waals surface area contributed by atoms with Crippen molar-refractivity contribution in [2.75, 3.05) is 19.7 Å². The van der Waals surface area contributed by atoms with E-state index < -0.39 is 0 Å². The summed E-state index contributed by atoms with van der Waals surface area (Å²) in [4.78, 5) is 4.35. The lowest BCUT2D eigenvalue weighted by Gasteiger charge is -2.22. The Hall–Kier alpha value is -0.0400. The van der Waals surface area contributed by atoms with Crippen LogP contribution in [0.25, 0.3) is 0 Å². The zero-order valence-electron chi connectivity index (χ0n) is 12.9. The number of nitrogens with zero attached hydrogens (tertiary/aromatic N) is 1. The molecule has 1 atom stereocenters. The Morgan fingerprint density at radius 1 is 1.25 bits per heavy atom. The highest BCUT2D eigenvalue weighted by Crippen LogP contribution is 2.16. The molecule has 1 unspecified atom stereocenters. The van der Waals surface area contributed by atoms with E-state index in [-0.39, 0.29) is 24.0 Å². The predicted molar refractivity (Wildman–Crippen MR) is 96.9 cm³/mol. The number of nitrogens with two attached hydrogens (primary N) is 1. The molecule has 0 aromatic heterocycles. The maximum Gasteiger partial charge on any atom is 0.188 e. The van der Waals surface area contributed by atoms with Gasteiger partial charge in [0, 0.05) is 19.7 Å². The van der Waals surface area contributed by atoms with Crippen LogP contribution in [0.15, 0.2) is 4.99 Å². The molecule has 0 radical (unpaired) electrons. The van der Waals surface area contributed by atoms with E-state index in [4.69, 9.17) is 10.5 Å². The fourth-order valence-corrected chi connectivity index (χ4v) is 2.38. The van der Waals surface area contributed by atoms with Crippen molar-refractivity contribution in [3.63, 3.8) is 0 Å². The van der Waals surface area contributed by atoms with Gasteiger partial charge >= 0.3 is 0 Å². The van der Waals surface area contributed by atoms with E-state index in [1.165, 1.54) is 44.9 Å². The molecule has 0 saturated carbocycles. The quantitative estimate of drug-likeness (QED) is 0.271. The van der Waals surface area contributed by atoms with Crippen molar-refractivity contribution in [1.29, 1.82) is 0 Å². The van der Waals surface area contributed by atoms with Gasteiger partial charge in [-0.1, -0.05) is 26.2 Å². The fourth-order valence-electron chi connectivity index (χ4n) is 2.38. The summed E-state index contributed by atoms with van der Waals surface area (Å²) in [5, 5.41) is 3.18. The molecule has 1 saturated heterocycles. The Labute approximate surface area is 141 Å². The molecule has 3 N–H and O–H groups in total. The van der Waals surface area contributed by atoms with Gasteiger partial charge in [-0.3, -0.25) is 4.99 Å². The van der Waals surface area contributed by atoms with Crippen LogP contribution in [0.5, 0.6) is 0 Å². The number of unbranched alkanes of at least 4 members (excludes halogenated alkanes) is 3. The molecule has 1 aliphatic rings. The molecule has 0 aromatic carbocycles. The van der Waals surface area contributed by atoms with E-state index in [9.17, 15) is 0 Å². The maximum absolute atomic E-state index is 5.82. The van der Waals surface area contributed by atoms with Gasteiger partial charge < -0.3 is 15.8 Å². The highest BCUT2D eigenvalue weighted by molar-refractivity contribution is 14.0. The van der Waals surface area contributed by atoms with Crippen LogP contribution in [0.1, 0.15) is 64.7 Å². The molecule has 1 heterocycles. The largest absolute Gasteiger partial charge is 0.378 e. The number of nitrogens with one attached hydrogen (secondary N) is 1. The molecule has 1 fully saturated rings.